The number of hydrogen-bond acceptors (Lipinski definition) is 2. The Bertz CT molecular complexity index is 1000. The van der Waals surface area contributed by atoms with Crippen LogP contribution in [0.25, 0.3) is 0 Å². The molecular weight excluding hydrogens is 409 g/mol. The summed E-state index contributed by atoms with van der Waals surface area (Å²) in [6.07, 6.45) is 3.75. The van der Waals surface area contributed by atoms with E-state index in [4.69, 9.17) is 0 Å². The number of hydrogen-bond donors (Lipinski definition) is 1. The Labute approximate surface area is 165 Å². The predicted octanol–water partition coefficient (Wildman–Crippen LogP) is 4.33. The minimum atomic E-state index is -0.266. The highest BCUT2D eigenvalue weighted by atomic mass is 79.9. The van der Waals surface area contributed by atoms with Crippen molar-refractivity contribution in [1.82, 2.24) is 15.1 Å². The zero-order chi connectivity index (χ0) is 19.0. The molecule has 0 aliphatic heterocycles. The van der Waals surface area contributed by atoms with E-state index < -0.39 is 0 Å². The Balaban J connectivity index is 1.57. The van der Waals surface area contributed by atoms with E-state index in [-0.39, 0.29) is 17.8 Å². The van der Waals surface area contributed by atoms with Crippen molar-refractivity contribution in [2.75, 3.05) is 0 Å². The molecule has 1 atom stereocenters. The molecule has 1 amide bonds. The molecule has 0 saturated carbocycles. The van der Waals surface area contributed by atoms with Gasteiger partial charge in [0.25, 0.3) is 5.91 Å². The fraction of sp³-hybridized carbons (Fsp3) is 0.238. The van der Waals surface area contributed by atoms with Crippen molar-refractivity contribution in [3.05, 3.63) is 86.9 Å². The lowest BCUT2D eigenvalue weighted by molar-refractivity contribution is 0.0936. The molecule has 0 spiro atoms. The van der Waals surface area contributed by atoms with Gasteiger partial charge in [-0.15, -0.1) is 0 Å². The SMILES string of the molecule is Cn1ncc(C(=O)NC2CCc3c2ccc(F)c3Br)c1Cc1ccccc1. The van der Waals surface area contributed by atoms with Crippen molar-refractivity contribution in [3.8, 4) is 0 Å². The fourth-order valence-electron chi connectivity index (χ4n) is 3.67. The molecule has 0 fully saturated rings. The van der Waals surface area contributed by atoms with Gasteiger partial charge in [-0.3, -0.25) is 9.48 Å². The van der Waals surface area contributed by atoms with Crippen LogP contribution in [0, 0.1) is 5.82 Å². The molecule has 1 N–H and O–H groups in total. The molecule has 1 unspecified atom stereocenters. The van der Waals surface area contributed by atoms with Gasteiger partial charge in [0, 0.05) is 13.5 Å². The van der Waals surface area contributed by atoms with Crippen LogP contribution >= 0.6 is 15.9 Å². The molecule has 0 bridgehead atoms. The summed E-state index contributed by atoms with van der Waals surface area (Å²) in [5, 5.41) is 7.38. The summed E-state index contributed by atoms with van der Waals surface area (Å²) in [5.74, 6) is -0.412. The highest BCUT2D eigenvalue weighted by molar-refractivity contribution is 9.10. The van der Waals surface area contributed by atoms with Gasteiger partial charge >= 0.3 is 0 Å². The van der Waals surface area contributed by atoms with Crippen LogP contribution in [0.2, 0.25) is 0 Å². The molecule has 0 radical (unpaired) electrons. The first kappa shape index (κ1) is 17.9. The van der Waals surface area contributed by atoms with Crippen LogP contribution in [-0.4, -0.2) is 15.7 Å². The lowest BCUT2D eigenvalue weighted by atomic mass is 10.0. The van der Waals surface area contributed by atoms with E-state index in [2.05, 4.69) is 26.3 Å². The van der Waals surface area contributed by atoms with E-state index in [9.17, 15) is 9.18 Å². The third kappa shape index (κ3) is 3.41. The van der Waals surface area contributed by atoms with Crippen LogP contribution in [0.4, 0.5) is 4.39 Å². The van der Waals surface area contributed by atoms with E-state index in [1.54, 1.807) is 16.9 Å². The number of nitrogens with zero attached hydrogens (tertiary/aromatic N) is 2. The first-order valence-corrected chi connectivity index (χ1v) is 9.66. The number of aryl methyl sites for hydroxylation is 1. The average Bonchev–Trinajstić information content (AvgIpc) is 3.24. The van der Waals surface area contributed by atoms with Crippen molar-refractivity contribution >= 4 is 21.8 Å². The number of rotatable bonds is 4. The maximum Gasteiger partial charge on any atom is 0.255 e. The zero-order valence-corrected chi connectivity index (χ0v) is 16.5. The quantitative estimate of drug-likeness (QED) is 0.673. The molecule has 1 aliphatic rings. The molecule has 4 nitrogen and oxygen atoms in total. The van der Waals surface area contributed by atoms with Crippen LogP contribution < -0.4 is 5.32 Å². The monoisotopic (exact) mass is 427 g/mol. The van der Waals surface area contributed by atoms with Crippen molar-refractivity contribution in [2.45, 2.75) is 25.3 Å². The molecular formula is C21H19BrFN3O. The minimum absolute atomic E-state index is 0.116. The average molecular weight is 428 g/mol. The number of carbonyl (C=O) groups is 1. The number of fused-ring (bicyclic) bond motifs is 1. The predicted molar refractivity (Wildman–Crippen MR) is 105 cm³/mol. The van der Waals surface area contributed by atoms with Gasteiger partial charge in [0.2, 0.25) is 0 Å². The fourth-order valence-corrected chi connectivity index (χ4v) is 4.23. The van der Waals surface area contributed by atoms with E-state index >= 15 is 0 Å². The van der Waals surface area contributed by atoms with Gasteiger partial charge in [0.05, 0.1) is 28.0 Å². The summed E-state index contributed by atoms with van der Waals surface area (Å²) in [6.45, 7) is 0. The normalized spacial score (nSPS) is 15.6. The molecule has 27 heavy (non-hydrogen) atoms. The summed E-state index contributed by atoms with van der Waals surface area (Å²) in [7, 11) is 1.85. The minimum Gasteiger partial charge on any atom is -0.345 e. The number of halogens is 2. The van der Waals surface area contributed by atoms with Gasteiger partial charge in [0.1, 0.15) is 5.82 Å². The van der Waals surface area contributed by atoms with Crippen LogP contribution in [-0.2, 0) is 19.9 Å². The number of nitrogens with one attached hydrogen (secondary N) is 1. The number of amides is 1. The first-order chi connectivity index (χ1) is 13.0. The third-order valence-electron chi connectivity index (χ3n) is 5.12. The summed E-state index contributed by atoms with van der Waals surface area (Å²) >= 11 is 3.32. The first-order valence-electron chi connectivity index (χ1n) is 8.87. The van der Waals surface area contributed by atoms with Crippen molar-refractivity contribution in [3.63, 3.8) is 0 Å². The van der Waals surface area contributed by atoms with Crippen LogP contribution in [0.3, 0.4) is 0 Å². The maximum atomic E-state index is 13.7. The van der Waals surface area contributed by atoms with E-state index in [1.807, 2.05) is 37.4 Å². The molecule has 6 heteroatoms. The number of aromatic nitrogens is 2. The van der Waals surface area contributed by atoms with Crippen molar-refractivity contribution in [2.24, 2.45) is 7.05 Å². The van der Waals surface area contributed by atoms with E-state index in [0.29, 0.717) is 16.5 Å². The Morgan fingerprint density at radius 2 is 2.07 bits per heavy atom. The highest BCUT2D eigenvalue weighted by Crippen LogP contribution is 2.37. The molecule has 2 aromatic carbocycles. The van der Waals surface area contributed by atoms with Crippen LogP contribution in [0.15, 0.2) is 53.1 Å². The van der Waals surface area contributed by atoms with Gasteiger partial charge in [-0.2, -0.15) is 5.10 Å². The smallest absolute Gasteiger partial charge is 0.255 e. The second-order valence-corrected chi connectivity index (χ2v) is 7.58. The van der Waals surface area contributed by atoms with E-state index in [1.165, 1.54) is 6.07 Å². The van der Waals surface area contributed by atoms with Crippen LogP contribution in [0.5, 0.6) is 0 Å². The van der Waals surface area contributed by atoms with Gasteiger partial charge in [-0.25, -0.2) is 4.39 Å². The Kier molecular flexibility index (Phi) is 4.83. The van der Waals surface area contributed by atoms with Gasteiger partial charge in [-0.05, 0) is 51.5 Å². The van der Waals surface area contributed by atoms with Crippen molar-refractivity contribution in [1.29, 1.82) is 0 Å². The summed E-state index contributed by atoms with van der Waals surface area (Å²) in [4.78, 5) is 12.9. The molecule has 1 heterocycles. The molecule has 1 aromatic heterocycles. The standard InChI is InChI=1S/C21H19BrFN3O/c1-26-19(11-13-5-3-2-4-6-13)16(12-24-26)21(27)25-18-10-8-15-14(18)7-9-17(23)20(15)22/h2-7,9,12,18H,8,10-11H2,1H3,(H,25,27). The molecule has 138 valence electrons. The van der Waals surface area contributed by atoms with E-state index in [0.717, 1.165) is 35.2 Å². The second-order valence-electron chi connectivity index (χ2n) is 6.78. The summed E-state index contributed by atoms with van der Waals surface area (Å²) in [5.41, 5.74) is 4.50. The Hall–Kier alpha value is -2.47. The Morgan fingerprint density at radius 1 is 1.30 bits per heavy atom. The Morgan fingerprint density at radius 3 is 2.85 bits per heavy atom. The lowest BCUT2D eigenvalue weighted by Crippen LogP contribution is -2.28. The van der Waals surface area contributed by atoms with Gasteiger partial charge in [0.15, 0.2) is 0 Å². The molecule has 3 aromatic rings. The largest absolute Gasteiger partial charge is 0.345 e. The van der Waals surface area contributed by atoms with Gasteiger partial charge < -0.3 is 5.32 Å². The topological polar surface area (TPSA) is 46.9 Å². The summed E-state index contributed by atoms with van der Waals surface area (Å²) < 4.78 is 16.0. The van der Waals surface area contributed by atoms with Crippen molar-refractivity contribution < 1.29 is 9.18 Å². The molecule has 4 rings (SSSR count). The maximum absolute atomic E-state index is 13.7. The van der Waals surface area contributed by atoms with Crippen LogP contribution in [0.1, 0.15) is 45.2 Å². The number of carbonyl (C=O) groups excluding carboxylic acids is 1. The molecule has 1 aliphatic carbocycles. The lowest BCUT2D eigenvalue weighted by Gasteiger charge is -2.15. The highest BCUT2D eigenvalue weighted by Gasteiger charge is 2.28. The molecule has 0 saturated heterocycles. The zero-order valence-electron chi connectivity index (χ0n) is 14.9. The van der Waals surface area contributed by atoms with Gasteiger partial charge in [-0.1, -0.05) is 36.4 Å². The second kappa shape index (κ2) is 7.27. The summed E-state index contributed by atoms with van der Waals surface area (Å²) in [6, 6.07) is 13.1. The third-order valence-corrected chi connectivity index (χ3v) is 5.97. The number of benzene rings is 2.